The molecule has 3 aliphatic carbocycles. The Morgan fingerprint density at radius 3 is 2.06 bits per heavy atom. The SMILES string of the molecule is O=C(CCNC1CC1)N(CC1CC1)CC1CC1. The van der Waals surface area contributed by atoms with Crippen LogP contribution in [-0.2, 0) is 4.79 Å². The highest BCUT2D eigenvalue weighted by Gasteiger charge is 2.31. The summed E-state index contributed by atoms with van der Waals surface area (Å²) in [6.45, 7) is 2.97. The Morgan fingerprint density at radius 1 is 1.00 bits per heavy atom. The van der Waals surface area contributed by atoms with E-state index in [1.54, 1.807) is 0 Å². The van der Waals surface area contributed by atoms with Gasteiger partial charge in [0.2, 0.25) is 5.91 Å². The average Bonchev–Trinajstić information content (AvgIpc) is 3.09. The molecule has 0 heterocycles. The van der Waals surface area contributed by atoms with E-state index in [1.165, 1.54) is 38.5 Å². The van der Waals surface area contributed by atoms with Crippen molar-refractivity contribution in [1.82, 2.24) is 10.2 Å². The van der Waals surface area contributed by atoms with Gasteiger partial charge in [0.15, 0.2) is 0 Å². The van der Waals surface area contributed by atoms with Crippen LogP contribution in [0.4, 0.5) is 0 Å². The lowest BCUT2D eigenvalue weighted by atomic mass is 10.2. The maximum absolute atomic E-state index is 12.2. The zero-order chi connectivity index (χ0) is 11.7. The van der Waals surface area contributed by atoms with E-state index in [9.17, 15) is 4.79 Å². The van der Waals surface area contributed by atoms with Crippen LogP contribution < -0.4 is 5.32 Å². The monoisotopic (exact) mass is 236 g/mol. The fourth-order valence-electron chi connectivity index (χ4n) is 2.33. The topological polar surface area (TPSA) is 32.3 Å². The first-order valence-electron chi connectivity index (χ1n) is 7.32. The van der Waals surface area contributed by atoms with Crippen molar-refractivity contribution in [1.29, 1.82) is 0 Å². The zero-order valence-electron chi connectivity index (χ0n) is 10.7. The Hall–Kier alpha value is -0.570. The van der Waals surface area contributed by atoms with Crippen LogP contribution in [0.15, 0.2) is 0 Å². The number of nitrogens with zero attached hydrogens (tertiary/aromatic N) is 1. The summed E-state index contributed by atoms with van der Waals surface area (Å²) in [6.07, 6.45) is 8.69. The van der Waals surface area contributed by atoms with Crippen LogP contribution in [0.5, 0.6) is 0 Å². The molecule has 3 saturated carbocycles. The van der Waals surface area contributed by atoms with Gasteiger partial charge < -0.3 is 10.2 Å². The molecule has 3 nitrogen and oxygen atoms in total. The number of carbonyl (C=O) groups excluding carboxylic acids is 1. The Labute approximate surface area is 104 Å². The molecule has 3 heteroatoms. The minimum atomic E-state index is 0.386. The summed E-state index contributed by atoms with van der Waals surface area (Å²) in [5.74, 6) is 2.04. The number of hydrogen-bond acceptors (Lipinski definition) is 2. The summed E-state index contributed by atoms with van der Waals surface area (Å²) in [4.78, 5) is 14.3. The zero-order valence-corrected chi connectivity index (χ0v) is 10.7. The number of hydrogen-bond donors (Lipinski definition) is 1. The van der Waals surface area contributed by atoms with Crippen molar-refractivity contribution in [2.45, 2.75) is 51.0 Å². The van der Waals surface area contributed by atoms with Gasteiger partial charge in [-0.1, -0.05) is 0 Å². The number of carbonyl (C=O) groups is 1. The molecule has 0 atom stereocenters. The average molecular weight is 236 g/mol. The van der Waals surface area contributed by atoms with Gasteiger partial charge in [-0.15, -0.1) is 0 Å². The summed E-state index contributed by atoms with van der Waals surface area (Å²) in [7, 11) is 0. The van der Waals surface area contributed by atoms with E-state index in [-0.39, 0.29) is 0 Å². The molecule has 1 amide bonds. The predicted octanol–water partition coefficient (Wildman–Crippen LogP) is 1.78. The quantitative estimate of drug-likeness (QED) is 0.696. The highest BCUT2D eigenvalue weighted by molar-refractivity contribution is 5.76. The van der Waals surface area contributed by atoms with E-state index in [0.717, 1.165) is 37.5 Å². The normalized spacial score (nSPS) is 23.8. The summed E-state index contributed by atoms with van der Waals surface area (Å²) in [6, 6.07) is 0.725. The smallest absolute Gasteiger partial charge is 0.223 e. The second kappa shape index (κ2) is 4.97. The van der Waals surface area contributed by atoms with Crippen molar-refractivity contribution in [2.75, 3.05) is 19.6 Å². The van der Waals surface area contributed by atoms with Gasteiger partial charge in [-0.3, -0.25) is 4.79 Å². The molecule has 3 aliphatic rings. The maximum Gasteiger partial charge on any atom is 0.223 e. The Bertz CT molecular complexity index is 266. The first-order chi connectivity index (χ1) is 8.31. The summed E-state index contributed by atoms with van der Waals surface area (Å²) >= 11 is 0. The largest absolute Gasteiger partial charge is 0.342 e. The third kappa shape index (κ3) is 3.98. The van der Waals surface area contributed by atoms with Crippen molar-refractivity contribution in [3.05, 3.63) is 0 Å². The molecule has 0 spiro atoms. The summed E-state index contributed by atoms with van der Waals surface area (Å²) in [5.41, 5.74) is 0. The van der Waals surface area contributed by atoms with Crippen LogP contribution in [0.25, 0.3) is 0 Å². The summed E-state index contributed by atoms with van der Waals surface area (Å²) in [5, 5.41) is 3.43. The van der Waals surface area contributed by atoms with Crippen molar-refractivity contribution < 1.29 is 4.79 Å². The molecule has 0 radical (unpaired) electrons. The molecule has 0 bridgehead atoms. The third-order valence-corrected chi connectivity index (χ3v) is 4.05. The Kier molecular flexibility index (Phi) is 3.37. The highest BCUT2D eigenvalue weighted by atomic mass is 16.2. The summed E-state index contributed by atoms with van der Waals surface area (Å²) < 4.78 is 0. The molecule has 96 valence electrons. The molecular formula is C14H24N2O. The van der Waals surface area contributed by atoms with E-state index in [1.807, 2.05) is 0 Å². The Morgan fingerprint density at radius 2 is 1.59 bits per heavy atom. The molecule has 1 N–H and O–H groups in total. The van der Waals surface area contributed by atoms with Gasteiger partial charge in [0.1, 0.15) is 0 Å². The lowest BCUT2D eigenvalue weighted by Gasteiger charge is -2.22. The molecule has 0 unspecified atom stereocenters. The van der Waals surface area contributed by atoms with E-state index < -0.39 is 0 Å². The highest BCUT2D eigenvalue weighted by Crippen LogP contribution is 2.33. The second-order valence-corrected chi connectivity index (χ2v) is 6.16. The van der Waals surface area contributed by atoms with Gasteiger partial charge in [-0.2, -0.15) is 0 Å². The van der Waals surface area contributed by atoms with Gasteiger partial charge >= 0.3 is 0 Å². The van der Waals surface area contributed by atoms with Crippen molar-refractivity contribution in [2.24, 2.45) is 11.8 Å². The second-order valence-electron chi connectivity index (χ2n) is 6.16. The minimum absolute atomic E-state index is 0.386. The van der Waals surface area contributed by atoms with Crippen molar-refractivity contribution in [3.63, 3.8) is 0 Å². The fraction of sp³-hybridized carbons (Fsp3) is 0.929. The van der Waals surface area contributed by atoms with E-state index in [0.29, 0.717) is 12.3 Å². The maximum atomic E-state index is 12.2. The van der Waals surface area contributed by atoms with Crippen LogP contribution >= 0.6 is 0 Å². The third-order valence-electron chi connectivity index (χ3n) is 4.05. The van der Waals surface area contributed by atoms with Crippen LogP contribution in [0.3, 0.4) is 0 Å². The minimum Gasteiger partial charge on any atom is -0.342 e. The van der Waals surface area contributed by atoms with E-state index in [4.69, 9.17) is 0 Å². The van der Waals surface area contributed by atoms with Gasteiger partial charge in [-0.25, -0.2) is 0 Å². The molecule has 0 aromatic heterocycles. The number of nitrogens with one attached hydrogen (secondary N) is 1. The molecule has 3 fully saturated rings. The molecule has 3 rings (SSSR count). The van der Waals surface area contributed by atoms with Gasteiger partial charge in [0, 0.05) is 32.1 Å². The lowest BCUT2D eigenvalue weighted by molar-refractivity contribution is -0.131. The van der Waals surface area contributed by atoms with E-state index >= 15 is 0 Å². The number of amides is 1. The van der Waals surface area contributed by atoms with Crippen LogP contribution in [-0.4, -0.2) is 36.5 Å². The van der Waals surface area contributed by atoms with Gasteiger partial charge in [0.25, 0.3) is 0 Å². The Balaban J connectivity index is 1.39. The molecule has 0 aromatic carbocycles. The van der Waals surface area contributed by atoms with Crippen LogP contribution in [0.1, 0.15) is 44.9 Å². The van der Waals surface area contributed by atoms with Crippen LogP contribution in [0.2, 0.25) is 0 Å². The fourth-order valence-corrected chi connectivity index (χ4v) is 2.33. The molecule has 17 heavy (non-hydrogen) atoms. The van der Waals surface area contributed by atoms with Crippen LogP contribution in [0, 0.1) is 11.8 Å². The molecule has 0 saturated heterocycles. The first kappa shape index (κ1) is 11.5. The molecule has 0 aliphatic heterocycles. The standard InChI is InChI=1S/C14H24N2O/c17-14(7-8-15-13-5-6-13)16(9-11-1-2-11)10-12-3-4-12/h11-13,15H,1-10H2. The van der Waals surface area contributed by atoms with Crippen molar-refractivity contribution in [3.8, 4) is 0 Å². The van der Waals surface area contributed by atoms with Crippen molar-refractivity contribution >= 4 is 5.91 Å². The predicted molar refractivity (Wildman–Crippen MR) is 67.7 cm³/mol. The molecular weight excluding hydrogens is 212 g/mol. The lowest BCUT2D eigenvalue weighted by Crippen LogP contribution is -2.36. The molecule has 0 aromatic rings. The van der Waals surface area contributed by atoms with E-state index in [2.05, 4.69) is 10.2 Å². The first-order valence-corrected chi connectivity index (χ1v) is 7.32. The van der Waals surface area contributed by atoms with Gasteiger partial charge in [-0.05, 0) is 50.4 Å². The van der Waals surface area contributed by atoms with Gasteiger partial charge in [0.05, 0.1) is 0 Å². The number of rotatable bonds is 8.